The summed E-state index contributed by atoms with van der Waals surface area (Å²) in [6.07, 6.45) is 9.82. The van der Waals surface area contributed by atoms with Gasteiger partial charge in [-0.1, -0.05) is 24.6 Å². The lowest BCUT2D eigenvalue weighted by atomic mass is 9.51. The highest BCUT2D eigenvalue weighted by molar-refractivity contribution is 7.93. The van der Waals surface area contributed by atoms with Gasteiger partial charge in [0.2, 0.25) is 0 Å². The Labute approximate surface area is 221 Å². The maximum atomic E-state index is 13.7. The zero-order valence-corrected chi connectivity index (χ0v) is 22.8. The van der Waals surface area contributed by atoms with Gasteiger partial charge in [0.05, 0.1) is 23.7 Å². The molecule has 0 aromatic heterocycles. The first-order valence-electron chi connectivity index (χ1n) is 14.4. The number of ketones is 1. The molecule has 2 unspecified atom stereocenters. The third kappa shape index (κ3) is 3.43. The first-order valence-corrected chi connectivity index (χ1v) is 16.1. The third-order valence-corrected chi connectivity index (χ3v) is 14.2. The van der Waals surface area contributed by atoms with Crippen molar-refractivity contribution in [2.75, 3.05) is 37.0 Å². The molecule has 0 N–H and O–H groups in total. The Bertz CT molecular complexity index is 1290. The number of anilines is 1. The summed E-state index contributed by atoms with van der Waals surface area (Å²) in [5.41, 5.74) is 6.62. The Morgan fingerprint density at radius 3 is 2.51 bits per heavy atom. The van der Waals surface area contributed by atoms with Gasteiger partial charge >= 0.3 is 0 Å². The topological polar surface area (TPSA) is 63.7 Å². The first-order chi connectivity index (χ1) is 17.8. The molecule has 4 aliphatic carbocycles. The second-order valence-corrected chi connectivity index (χ2v) is 15.1. The molecule has 6 heteroatoms. The van der Waals surface area contributed by atoms with Crippen LogP contribution in [0, 0.1) is 17.3 Å². The predicted octanol–water partition coefficient (Wildman–Crippen LogP) is 5.37. The van der Waals surface area contributed by atoms with Crippen LogP contribution in [0.4, 0.5) is 5.69 Å². The molecule has 0 bridgehead atoms. The van der Waals surface area contributed by atoms with E-state index >= 15 is 0 Å². The van der Waals surface area contributed by atoms with Crippen LogP contribution in [0.2, 0.25) is 0 Å². The van der Waals surface area contributed by atoms with Gasteiger partial charge in [-0.3, -0.25) is 4.79 Å². The summed E-state index contributed by atoms with van der Waals surface area (Å²) in [6, 6.07) is 9.13. The number of morpholine rings is 1. The van der Waals surface area contributed by atoms with Gasteiger partial charge in [-0.2, -0.15) is 0 Å². The van der Waals surface area contributed by atoms with E-state index in [1.165, 1.54) is 22.4 Å². The van der Waals surface area contributed by atoms with Crippen LogP contribution in [0.3, 0.4) is 0 Å². The highest BCUT2D eigenvalue weighted by Crippen LogP contribution is 2.70. The van der Waals surface area contributed by atoms with E-state index < -0.39 is 14.6 Å². The number of carbonyl (C=O) groups is 1. The van der Waals surface area contributed by atoms with Crippen molar-refractivity contribution in [3.8, 4) is 0 Å². The minimum atomic E-state index is -3.10. The molecule has 0 radical (unpaired) electrons. The minimum absolute atomic E-state index is 0.198. The molecule has 1 aromatic carbocycles. The standard InChI is InChI=1S/C31H39NO4S/c1-30-20-27(21-3-6-23(7-4-21)32-14-16-36-17-15-32)29-25-10-8-24(33)19-22(25)5-9-26(29)28(30)11-13-31(30)12-2-18-37(31,34)35/h3-4,6-7,19,26-28H,2,5,8-18,20H2,1H3/t26?,27-,28?,30+,31+/m1/s1. The van der Waals surface area contributed by atoms with E-state index in [4.69, 9.17) is 4.74 Å². The summed E-state index contributed by atoms with van der Waals surface area (Å²) in [4.78, 5) is 14.7. The second kappa shape index (κ2) is 8.54. The summed E-state index contributed by atoms with van der Waals surface area (Å²) in [5, 5.41) is 0. The lowest BCUT2D eigenvalue weighted by Crippen LogP contribution is -2.53. The van der Waals surface area contributed by atoms with Crippen LogP contribution in [0.15, 0.2) is 47.1 Å². The lowest BCUT2D eigenvalue weighted by Gasteiger charge is -2.55. The van der Waals surface area contributed by atoms with Crippen molar-refractivity contribution in [1.29, 1.82) is 0 Å². The van der Waals surface area contributed by atoms with Gasteiger partial charge in [0.1, 0.15) is 0 Å². The molecule has 0 amide bonds. The summed E-state index contributed by atoms with van der Waals surface area (Å²) in [5.74, 6) is 1.70. The summed E-state index contributed by atoms with van der Waals surface area (Å²) >= 11 is 0. The zero-order chi connectivity index (χ0) is 25.4. The summed E-state index contributed by atoms with van der Waals surface area (Å²) in [6.45, 7) is 5.73. The number of hydrogen-bond acceptors (Lipinski definition) is 5. The third-order valence-electron chi connectivity index (χ3n) is 11.3. The van der Waals surface area contributed by atoms with E-state index in [1.54, 1.807) is 5.57 Å². The van der Waals surface area contributed by atoms with Gasteiger partial charge in [-0.05, 0) is 104 Å². The highest BCUT2D eigenvalue weighted by Gasteiger charge is 2.68. The number of sulfone groups is 1. The molecule has 1 aromatic rings. The molecule has 2 heterocycles. The molecular formula is C31H39NO4S. The normalized spacial score (nSPS) is 38.8. The number of ether oxygens (including phenoxy) is 1. The maximum absolute atomic E-state index is 13.7. The van der Waals surface area contributed by atoms with Gasteiger partial charge in [0, 0.05) is 31.1 Å². The molecule has 7 rings (SSSR count). The first kappa shape index (κ1) is 24.1. The molecule has 5 atom stereocenters. The van der Waals surface area contributed by atoms with Gasteiger partial charge in [-0.15, -0.1) is 0 Å². The van der Waals surface area contributed by atoms with E-state index in [9.17, 15) is 13.2 Å². The molecule has 2 saturated carbocycles. The Hall–Kier alpha value is -1.92. The van der Waals surface area contributed by atoms with Crippen molar-refractivity contribution in [3.05, 3.63) is 52.6 Å². The maximum Gasteiger partial charge on any atom is 0.156 e. The molecule has 198 valence electrons. The Morgan fingerprint density at radius 2 is 1.78 bits per heavy atom. The fourth-order valence-electron chi connectivity index (χ4n) is 9.60. The molecule has 6 aliphatic rings. The minimum Gasteiger partial charge on any atom is -0.378 e. The van der Waals surface area contributed by atoms with Crippen molar-refractivity contribution in [2.24, 2.45) is 17.3 Å². The molecule has 37 heavy (non-hydrogen) atoms. The number of fused-ring (bicyclic) bond motifs is 5. The van der Waals surface area contributed by atoms with Crippen LogP contribution in [-0.4, -0.2) is 51.0 Å². The monoisotopic (exact) mass is 521 g/mol. The van der Waals surface area contributed by atoms with E-state index in [0.717, 1.165) is 77.7 Å². The van der Waals surface area contributed by atoms with Gasteiger partial charge in [-0.25, -0.2) is 8.42 Å². The van der Waals surface area contributed by atoms with Crippen LogP contribution in [-0.2, 0) is 19.4 Å². The lowest BCUT2D eigenvalue weighted by molar-refractivity contribution is -0.114. The molecule has 5 nitrogen and oxygen atoms in total. The average molecular weight is 522 g/mol. The number of allylic oxidation sites excluding steroid dienone is 4. The van der Waals surface area contributed by atoms with Crippen molar-refractivity contribution in [1.82, 2.24) is 0 Å². The smallest absolute Gasteiger partial charge is 0.156 e. The molecular weight excluding hydrogens is 482 g/mol. The Balaban J connectivity index is 1.34. The Kier molecular flexibility index (Phi) is 5.57. The van der Waals surface area contributed by atoms with Crippen LogP contribution in [0.5, 0.6) is 0 Å². The van der Waals surface area contributed by atoms with Crippen molar-refractivity contribution >= 4 is 21.3 Å². The molecule has 4 fully saturated rings. The van der Waals surface area contributed by atoms with Crippen molar-refractivity contribution in [2.45, 2.75) is 75.4 Å². The van der Waals surface area contributed by atoms with E-state index in [0.29, 0.717) is 24.0 Å². The van der Waals surface area contributed by atoms with Crippen LogP contribution >= 0.6 is 0 Å². The summed E-state index contributed by atoms with van der Waals surface area (Å²) in [7, 11) is -3.10. The number of hydrogen-bond donors (Lipinski definition) is 0. The second-order valence-electron chi connectivity index (χ2n) is 12.6. The van der Waals surface area contributed by atoms with Crippen LogP contribution in [0.1, 0.15) is 76.2 Å². The van der Waals surface area contributed by atoms with Gasteiger partial charge in [0.15, 0.2) is 15.6 Å². The zero-order valence-electron chi connectivity index (χ0n) is 22.0. The molecule has 1 spiro atoms. The summed E-state index contributed by atoms with van der Waals surface area (Å²) < 4.78 is 32.3. The molecule has 2 aliphatic heterocycles. The number of carbonyl (C=O) groups excluding carboxylic acids is 1. The van der Waals surface area contributed by atoms with Crippen LogP contribution < -0.4 is 4.90 Å². The largest absolute Gasteiger partial charge is 0.378 e. The quantitative estimate of drug-likeness (QED) is 0.524. The van der Waals surface area contributed by atoms with Gasteiger partial charge < -0.3 is 9.64 Å². The van der Waals surface area contributed by atoms with E-state index in [-0.39, 0.29) is 17.1 Å². The number of nitrogens with zero attached hydrogens (tertiary/aromatic N) is 1. The van der Waals surface area contributed by atoms with E-state index in [1.807, 2.05) is 6.08 Å². The molecule has 2 saturated heterocycles. The van der Waals surface area contributed by atoms with Crippen molar-refractivity contribution in [3.63, 3.8) is 0 Å². The number of rotatable bonds is 2. The van der Waals surface area contributed by atoms with Crippen LogP contribution in [0.25, 0.3) is 0 Å². The van der Waals surface area contributed by atoms with E-state index in [2.05, 4.69) is 36.1 Å². The fraction of sp³-hybridized carbons (Fsp3) is 0.645. The highest BCUT2D eigenvalue weighted by atomic mass is 32.2. The number of benzene rings is 1. The predicted molar refractivity (Wildman–Crippen MR) is 145 cm³/mol. The van der Waals surface area contributed by atoms with Crippen molar-refractivity contribution < 1.29 is 17.9 Å². The SMILES string of the molecule is C[C@]12C[C@H](c3ccc(N4CCOCC4)cc3)C3=C4CCC(=O)C=C4CCC3C1CC[C@@]21CCCS1(=O)=O. The fourth-order valence-corrected chi connectivity index (χ4v) is 12.3. The average Bonchev–Trinajstić information content (AvgIpc) is 3.39. The van der Waals surface area contributed by atoms with Gasteiger partial charge in [0.25, 0.3) is 0 Å². The Morgan fingerprint density at radius 1 is 1.00 bits per heavy atom.